The zero-order valence-corrected chi connectivity index (χ0v) is 16.5. The summed E-state index contributed by atoms with van der Waals surface area (Å²) in [5, 5.41) is 2.73. The van der Waals surface area contributed by atoms with E-state index >= 15 is 0 Å². The van der Waals surface area contributed by atoms with Gasteiger partial charge in [-0.3, -0.25) is 9.59 Å². The van der Waals surface area contributed by atoms with Gasteiger partial charge in [-0.05, 0) is 35.9 Å². The highest BCUT2D eigenvalue weighted by molar-refractivity contribution is 9.10. The summed E-state index contributed by atoms with van der Waals surface area (Å²) in [6.07, 6.45) is 0.494. The predicted molar refractivity (Wildman–Crippen MR) is 103 cm³/mol. The quantitative estimate of drug-likeness (QED) is 0.654. The summed E-state index contributed by atoms with van der Waals surface area (Å²) >= 11 is 3.40. The fraction of sp³-hybridized carbons (Fsp3) is 0.222. The van der Waals surface area contributed by atoms with Gasteiger partial charge in [-0.15, -0.1) is 0 Å². The van der Waals surface area contributed by atoms with E-state index in [1.54, 1.807) is 0 Å². The molecule has 1 unspecified atom stereocenters. The van der Waals surface area contributed by atoms with Crippen LogP contribution in [-0.2, 0) is 30.8 Å². The maximum atomic E-state index is 12.3. The van der Waals surface area contributed by atoms with Crippen LogP contribution in [0.2, 0.25) is 0 Å². The normalized spacial score (nSPS) is 16.8. The molecule has 1 fully saturated rings. The molecule has 3 rings (SSSR count). The molecule has 7 nitrogen and oxygen atoms in total. The van der Waals surface area contributed by atoms with E-state index < -0.39 is 22.0 Å². The second-order valence-electron chi connectivity index (χ2n) is 5.97. The lowest BCUT2D eigenvalue weighted by atomic mass is 10.1. The van der Waals surface area contributed by atoms with E-state index in [2.05, 4.69) is 26.0 Å². The van der Waals surface area contributed by atoms with Crippen LogP contribution in [0.3, 0.4) is 0 Å². The number of cyclic esters (lactones) is 1. The van der Waals surface area contributed by atoms with Crippen LogP contribution in [0, 0.1) is 0 Å². The molecule has 0 aliphatic carbocycles. The Morgan fingerprint density at radius 1 is 1.15 bits per heavy atom. The van der Waals surface area contributed by atoms with Gasteiger partial charge in [0.05, 0.1) is 17.9 Å². The summed E-state index contributed by atoms with van der Waals surface area (Å²) in [6.45, 7) is 0.203. The van der Waals surface area contributed by atoms with Crippen LogP contribution in [0.15, 0.2) is 57.9 Å². The Hall–Kier alpha value is -2.23. The average Bonchev–Trinajstić information content (AvgIpc) is 3.01. The van der Waals surface area contributed by atoms with Crippen LogP contribution < -0.4 is 10.0 Å². The third-order valence-corrected chi connectivity index (χ3v) is 6.25. The van der Waals surface area contributed by atoms with Gasteiger partial charge in [0.1, 0.15) is 6.04 Å². The number of ether oxygens (including phenoxy) is 1. The van der Waals surface area contributed by atoms with Crippen molar-refractivity contribution in [1.82, 2.24) is 4.72 Å². The molecule has 0 bridgehead atoms. The van der Waals surface area contributed by atoms with E-state index in [1.165, 1.54) is 24.3 Å². The van der Waals surface area contributed by atoms with E-state index in [1.807, 2.05) is 24.3 Å². The summed E-state index contributed by atoms with van der Waals surface area (Å²) in [7, 11) is -3.85. The minimum Gasteiger partial charge on any atom is -0.464 e. The van der Waals surface area contributed by atoms with Crippen LogP contribution in [0.5, 0.6) is 0 Å². The number of esters is 1. The fourth-order valence-electron chi connectivity index (χ4n) is 2.60. The van der Waals surface area contributed by atoms with Crippen LogP contribution >= 0.6 is 15.9 Å². The van der Waals surface area contributed by atoms with E-state index in [4.69, 9.17) is 4.74 Å². The maximum Gasteiger partial charge on any atom is 0.324 e. The third kappa shape index (κ3) is 4.94. The largest absolute Gasteiger partial charge is 0.464 e. The van der Waals surface area contributed by atoms with Crippen LogP contribution in [0.25, 0.3) is 0 Å². The summed E-state index contributed by atoms with van der Waals surface area (Å²) in [4.78, 5) is 23.6. The van der Waals surface area contributed by atoms with Crippen molar-refractivity contribution in [2.75, 3.05) is 11.9 Å². The molecule has 2 N–H and O–H groups in total. The Bertz CT molecular complexity index is 960. The van der Waals surface area contributed by atoms with Gasteiger partial charge in [0.2, 0.25) is 15.9 Å². The van der Waals surface area contributed by atoms with E-state index in [9.17, 15) is 18.0 Å². The highest BCUT2D eigenvalue weighted by atomic mass is 79.9. The van der Waals surface area contributed by atoms with Gasteiger partial charge < -0.3 is 10.1 Å². The summed E-state index contributed by atoms with van der Waals surface area (Å²) in [5.74, 6) is -0.793. The fourth-order valence-corrected chi connectivity index (χ4v) is 4.24. The van der Waals surface area contributed by atoms with Crippen LogP contribution in [0.4, 0.5) is 5.69 Å². The molecule has 2 aromatic rings. The zero-order chi connectivity index (χ0) is 19.4. The Labute approximate surface area is 165 Å². The minimum atomic E-state index is -3.85. The highest BCUT2D eigenvalue weighted by Crippen LogP contribution is 2.19. The first-order valence-corrected chi connectivity index (χ1v) is 10.4. The van der Waals surface area contributed by atoms with Crippen LogP contribution in [-0.4, -0.2) is 32.9 Å². The SMILES string of the molecule is O=C(Cc1ccccc1Br)Nc1ccc(S(=O)(=O)NC2CCOC2=O)cc1. The molecule has 1 amide bonds. The summed E-state index contributed by atoms with van der Waals surface area (Å²) < 4.78 is 32.6. The first-order chi connectivity index (χ1) is 12.8. The molecule has 1 aliphatic heterocycles. The number of anilines is 1. The number of halogens is 1. The molecule has 0 spiro atoms. The number of benzene rings is 2. The molecule has 1 saturated heterocycles. The van der Waals surface area contributed by atoms with Crippen LogP contribution in [0.1, 0.15) is 12.0 Å². The summed E-state index contributed by atoms with van der Waals surface area (Å²) in [5.41, 5.74) is 1.33. The third-order valence-electron chi connectivity index (χ3n) is 3.99. The highest BCUT2D eigenvalue weighted by Gasteiger charge is 2.31. The number of carbonyl (C=O) groups is 2. The molecule has 9 heteroatoms. The number of carbonyl (C=O) groups excluding carboxylic acids is 2. The zero-order valence-electron chi connectivity index (χ0n) is 14.1. The average molecular weight is 453 g/mol. The van der Waals surface area contributed by atoms with Gasteiger partial charge in [-0.1, -0.05) is 34.1 Å². The maximum absolute atomic E-state index is 12.3. The first kappa shape index (κ1) is 19.5. The topological polar surface area (TPSA) is 102 Å². The molecule has 1 aliphatic rings. The minimum absolute atomic E-state index is 0.00556. The summed E-state index contributed by atoms with van der Waals surface area (Å²) in [6, 6.07) is 12.3. The van der Waals surface area contributed by atoms with Crippen molar-refractivity contribution in [3.63, 3.8) is 0 Å². The second kappa shape index (κ2) is 8.20. The van der Waals surface area contributed by atoms with Crippen molar-refractivity contribution in [3.05, 3.63) is 58.6 Å². The molecule has 0 saturated carbocycles. The standard InChI is InChI=1S/C18H17BrN2O5S/c19-15-4-2-1-3-12(15)11-17(22)20-13-5-7-14(8-6-13)27(24,25)21-16-9-10-26-18(16)23/h1-8,16,21H,9-11H2,(H,20,22). The van der Waals surface area contributed by atoms with Gasteiger partial charge in [0, 0.05) is 16.6 Å². The van der Waals surface area contributed by atoms with Crippen molar-refractivity contribution in [1.29, 1.82) is 0 Å². The molecule has 2 aromatic carbocycles. The molecule has 0 radical (unpaired) electrons. The van der Waals surface area contributed by atoms with Gasteiger partial charge >= 0.3 is 5.97 Å². The Morgan fingerprint density at radius 3 is 2.48 bits per heavy atom. The molecule has 27 heavy (non-hydrogen) atoms. The van der Waals surface area contributed by atoms with E-state index in [0.717, 1.165) is 10.0 Å². The molecule has 0 aromatic heterocycles. The molecule has 1 heterocycles. The predicted octanol–water partition coefficient (Wildman–Crippen LogP) is 2.22. The molecule has 142 valence electrons. The van der Waals surface area contributed by atoms with Crippen molar-refractivity contribution in [3.8, 4) is 0 Å². The lowest BCUT2D eigenvalue weighted by molar-refractivity contribution is -0.139. The molecular weight excluding hydrogens is 436 g/mol. The monoisotopic (exact) mass is 452 g/mol. The number of nitrogens with one attached hydrogen (secondary N) is 2. The number of hydrogen-bond acceptors (Lipinski definition) is 5. The first-order valence-electron chi connectivity index (χ1n) is 8.17. The van der Waals surface area contributed by atoms with Crippen molar-refractivity contribution >= 4 is 43.5 Å². The Kier molecular flexibility index (Phi) is 5.93. The van der Waals surface area contributed by atoms with Crippen molar-refractivity contribution in [2.45, 2.75) is 23.8 Å². The number of sulfonamides is 1. The molecular formula is C18H17BrN2O5S. The Balaban J connectivity index is 1.63. The van der Waals surface area contributed by atoms with Gasteiger partial charge in [-0.2, -0.15) is 4.72 Å². The number of amides is 1. The van der Waals surface area contributed by atoms with Gasteiger partial charge in [0.15, 0.2) is 0 Å². The molecule has 1 atom stereocenters. The number of hydrogen-bond donors (Lipinski definition) is 2. The van der Waals surface area contributed by atoms with E-state index in [0.29, 0.717) is 12.1 Å². The van der Waals surface area contributed by atoms with Crippen molar-refractivity contribution in [2.24, 2.45) is 0 Å². The lowest BCUT2D eigenvalue weighted by Crippen LogP contribution is -2.37. The smallest absolute Gasteiger partial charge is 0.324 e. The Morgan fingerprint density at radius 2 is 1.85 bits per heavy atom. The van der Waals surface area contributed by atoms with Gasteiger partial charge in [0.25, 0.3) is 0 Å². The van der Waals surface area contributed by atoms with Gasteiger partial charge in [-0.25, -0.2) is 8.42 Å². The second-order valence-corrected chi connectivity index (χ2v) is 8.54. The van der Waals surface area contributed by atoms with E-state index in [-0.39, 0.29) is 23.8 Å². The number of rotatable bonds is 6. The lowest BCUT2D eigenvalue weighted by Gasteiger charge is -2.11. The van der Waals surface area contributed by atoms with Crippen molar-refractivity contribution < 1.29 is 22.7 Å².